The van der Waals surface area contributed by atoms with Crippen molar-refractivity contribution in [1.29, 1.82) is 0 Å². The molecule has 5 nitrogen and oxygen atoms in total. The van der Waals surface area contributed by atoms with Crippen molar-refractivity contribution in [3.63, 3.8) is 0 Å². The lowest BCUT2D eigenvalue weighted by molar-refractivity contribution is -0.153. The second-order valence-electron chi connectivity index (χ2n) is 10.7. The van der Waals surface area contributed by atoms with Gasteiger partial charge in [-0.3, -0.25) is 9.59 Å². The second kappa shape index (κ2) is 10.6. The van der Waals surface area contributed by atoms with Gasteiger partial charge in [0.05, 0.1) is 0 Å². The Balaban J connectivity index is 1.26. The van der Waals surface area contributed by atoms with E-state index in [0.29, 0.717) is 11.5 Å². The Morgan fingerprint density at radius 3 is 1.41 bits per heavy atom. The summed E-state index contributed by atoms with van der Waals surface area (Å²) in [5, 5.41) is 0. The molecule has 1 saturated heterocycles. The van der Waals surface area contributed by atoms with Gasteiger partial charge in [-0.25, -0.2) is 0 Å². The van der Waals surface area contributed by atoms with Gasteiger partial charge in [-0.1, -0.05) is 73.5 Å². The minimum atomic E-state index is -0.774. The Morgan fingerprint density at radius 2 is 0.973 bits per heavy atom. The third-order valence-corrected chi connectivity index (χ3v) is 8.50. The van der Waals surface area contributed by atoms with Crippen LogP contribution < -0.4 is 0 Å². The van der Waals surface area contributed by atoms with Crippen LogP contribution in [-0.2, 0) is 23.8 Å². The van der Waals surface area contributed by atoms with Crippen molar-refractivity contribution in [2.45, 2.75) is 75.4 Å². The molecule has 0 radical (unpaired) electrons. The molecule has 0 amide bonds. The Labute approximate surface area is 218 Å². The van der Waals surface area contributed by atoms with E-state index in [1.54, 1.807) is 0 Å². The molecule has 3 fully saturated rings. The van der Waals surface area contributed by atoms with Crippen LogP contribution in [0.2, 0.25) is 0 Å². The molecule has 192 valence electrons. The molecule has 1 heterocycles. The Hall–Kier alpha value is -3.34. The zero-order valence-corrected chi connectivity index (χ0v) is 21.1. The lowest BCUT2D eigenvalue weighted by Crippen LogP contribution is -2.34. The van der Waals surface area contributed by atoms with Gasteiger partial charge in [0, 0.05) is 11.8 Å². The summed E-state index contributed by atoms with van der Waals surface area (Å²) in [7, 11) is 0. The molecule has 0 bridgehead atoms. The summed E-state index contributed by atoms with van der Waals surface area (Å²) in [6.45, 7) is 0. The van der Waals surface area contributed by atoms with E-state index in [1.165, 1.54) is 11.1 Å². The van der Waals surface area contributed by atoms with Gasteiger partial charge in [0.1, 0.15) is 35.6 Å². The summed E-state index contributed by atoms with van der Waals surface area (Å²) >= 11 is 0. The number of allylic oxidation sites excluding steroid dienone is 2. The van der Waals surface area contributed by atoms with Gasteiger partial charge in [-0.15, -0.1) is 0 Å². The van der Waals surface area contributed by atoms with E-state index in [4.69, 9.17) is 14.2 Å². The molecule has 4 unspecified atom stereocenters. The second-order valence-corrected chi connectivity index (χ2v) is 10.7. The first-order chi connectivity index (χ1) is 18.2. The van der Waals surface area contributed by atoms with E-state index < -0.39 is 23.8 Å². The highest BCUT2D eigenvalue weighted by atomic mass is 16.6. The fourth-order valence-electron chi connectivity index (χ4n) is 6.64. The number of ether oxygens (including phenoxy) is 3. The van der Waals surface area contributed by atoms with Crippen molar-refractivity contribution in [3.8, 4) is 0 Å². The number of hydrogen-bond donors (Lipinski definition) is 0. The first-order valence-electron chi connectivity index (χ1n) is 13.8. The van der Waals surface area contributed by atoms with Crippen LogP contribution in [0.5, 0.6) is 0 Å². The molecule has 4 aliphatic rings. The standard InChI is InChI=1S/C32H34O5/c33-31-29-27(35-25-17-9-7-15-23(25)21-11-3-1-4-12-21)19-20-28(30(29)32(34)37-31)36-26-18-10-8-16-24(26)22-13-5-2-6-14-22/h1-6,11-14,19-20,23-26,29-30H,7-10,15-18H2/t23?,24?,25?,26?,29-,30+. The van der Waals surface area contributed by atoms with E-state index in [1.807, 2.05) is 24.3 Å². The number of fused-ring (bicyclic) bond motifs is 1. The van der Waals surface area contributed by atoms with Crippen LogP contribution in [0.25, 0.3) is 0 Å². The van der Waals surface area contributed by atoms with Gasteiger partial charge in [-0.05, 0) is 61.8 Å². The number of hydrogen-bond acceptors (Lipinski definition) is 5. The highest BCUT2D eigenvalue weighted by molar-refractivity contribution is 5.99. The van der Waals surface area contributed by atoms with Gasteiger partial charge in [0.15, 0.2) is 0 Å². The highest BCUT2D eigenvalue weighted by Crippen LogP contribution is 2.45. The van der Waals surface area contributed by atoms with Crippen molar-refractivity contribution in [1.82, 2.24) is 0 Å². The fraction of sp³-hybridized carbons (Fsp3) is 0.438. The molecule has 0 N–H and O–H groups in total. The molecule has 6 rings (SSSR count). The lowest BCUT2D eigenvalue weighted by Gasteiger charge is -2.37. The first-order valence-corrected chi connectivity index (χ1v) is 13.8. The molecule has 2 aromatic rings. The third kappa shape index (κ3) is 4.84. The molecule has 37 heavy (non-hydrogen) atoms. The van der Waals surface area contributed by atoms with Gasteiger partial charge in [0.2, 0.25) is 0 Å². The van der Waals surface area contributed by atoms with Gasteiger partial charge >= 0.3 is 11.9 Å². The van der Waals surface area contributed by atoms with Crippen molar-refractivity contribution in [2.24, 2.45) is 11.8 Å². The average Bonchev–Trinajstić information content (AvgIpc) is 3.26. The molecular formula is C32H34O5. The minimum Gasteiger partial charge on any atom is -0.493 e. The van der Waals surface area contributed by atoms with Crippen LogP contribution in [0.3, 0.4) is 0 Å². The number of cyclic esters (lactones) is 2. The topological polar surface area (TPSA) is 61.8 Å². The van der Waals surface area contributed by atoms with E-state index in [0.717, 1.165) is 51.4 Å². The van der Waals surface area contributed by atoms with E-state index in [2.05, 4.69) is 48.5 Å². The van der Waals surface area contributed by atoms with E-state index >= 15 is 0 Å². The third-order valence-electron chi connectivity index (χ3n) is 8.50. The Morgan fingerprint density at radius 1 is 0.568 bits per heavy atom. The number of carbonyl (C=O) groups excluding carboxylic acids is 2. The predicted molar refractivity (Wildman–Crippen MR) is 139 cm³/mol. The molecule has 6 atom stereocenters. The van der Waals surface area contributed by atoms with Gasteiger partial charge < -0.3 is 14.2 Å². The highest BCUT2D eigenvalue weighted by Gasteiger charge is 2.53. The summed E-state index contributed by atoms with van der Waals surface area (Å²) in [5.74, 6) is -1.03. The molecular weight excluding hydrogens is 464 g/mol. The molecule has 1 aliphatic heterocycles. The number of esters is 2. The van der Waals surface area contributed by atoms with Gasteiger partial charge in [-0.2, -0.15) is 0 Å². The van der Waals surface area contributed by atoms with Gasteiger partial charge in [0.25, 0.3) is 0 Å². The van der Waals surface area contributed by atoms with Crippen LogP contribution in [0.4, 0.5) is 0 Å². The van der Waals surface area contributed by atoms with Crippen LogP contribution in [0.15, 0.2) is 84.3 Å². The minimum absolute atomic E-state index is 0.0387. The van der Waals surface area contributed by atoms with Crippen LogP contribution in [0, 0.1) is 11.8 Å². The van der Waals surface area contributed by atoms with E-state index in [-0.39, 0.29) is 24.0 Å². The molecule has 2 saturated carbocycles. The number of rotatable bonds is 6. The maximum Gasteiger partial charge on any atom is 0.325 e. The Kier molecular flexibility index (Phi) is 6.86. The summed E-state index contributed by atoms with van der Waals surface area (Å²) in [6, 6.07) is 20.9. The van der Waals surface area contributed by atoms with E-state index in [9.17, 15) is 9.59 Å². The van der Waals surface area contributed by atoms with Crippen molar-refractivity contribution in [2.75, 3.05) is 0 Å². The maximum absolute atomic E-state index is 12.9. The predicted octanol–water partition coefficient (Wildman–Crippen LogP) is 6.57. The molecule has 0 aromatic heterocycles. The normalized spacial score (nSPS) is 31.6. The molecule has 5 heteroatoms. The van der Waals surface area contributed by atoms with Crippen molar-refractivity contribution in [3.05, 3.63) is 95.5 Å². The number of carbonyl (C=O) groups is 2. The Bertz CT molecular complexity index is 1090. The summed E-state index contributed by atoms with van der Waals surface area (Å²) in [6.07, 6.45) is 12.0. The van der Waals surface area contributed by atoms with Crippen LogP contribution in [0.1, 0.15) is 74.3 Å². The monoisotopic (exact) mass is 498 g/mol. The van der Waals surface area contributed by atoms with Crippen molar-refractivity contribution >= 4 is 11.9 Å². The lowest BCUT2D eigenvalue weighted by atomic mass is 9.80. The quantitative estimate of drug-likeness (QED) is 0.333. The average molecular weight is 499 g/mol. The smallest absolute Gasteiger partial charge is 0.325 e. The summed E-state index contributed by atoms with van der Waals surface area (Å²) < 4.78 is 18.3. The van der Waals surface area contributed by atoms with Crippen LogP contribution >= 0.6 is 0 Å². The molecule has 2 aromatic carbocycles. The van der Waals surface area contributed by atoms with Crippen molar-refractivity contribution < 1.29 is 23.8 Å². The largest absolute Gasteiger partial charge is 0.493 e. The SMILES string of the molecule is O=C1OC(=O)[C@H]2C(OC3CCCCC3c3ccccc3)=CC=C(OC3CCCCC3c3ccccc3)[C@@H]12. The van der Waals surface area contributed by atoms with Crippen LogP contribution in [-0.4, -0.2) is 24.1 Å². The number of benzene rings is 2. The first kappa shape index (κ1) is 24.0. The maximum atomic E-state index is 12.9. The molecule has 0 spiro atoms. The summed E-state index contributed by atoms with van der Waals surface area (Å²) in [4.78, 5) is 25.8. The summed E-state index contributed by atoms with van der Waals surface area (Å²) in [5.41, 5.74) is 2.52. The molecule has 3 aliphatic carbocycles. The zero-order chi connectivity index (χ0) is 25.2. The fourth-order valence-corrected chi connectivity index (χ4v) is 6.64. The zero-order valence-electron chi connectivity index (χ0n) is 21.1.